The largest absolute Gasteiger partial charge is 0.396 e. The van der Waals surface area contributed by atoms with E-state index in [9.17, 15) is 5.11 Å². The molecule has 0 spiro atoms. The van der Waals surface area contributed by atoms with Crippen LogP contribution in [0.25, 0.3) is 0 Å². The van der Waals surface area contributed by atoms with Crippen molar-refractivity contribution < 1.29 is 5.11 Å². The molecule has 0 fully saturated rings. The van der Waals surface area contributed by atoms with Gasteiger partial charge in [0.15, 0.2) is 0 Å². The summed E-state index contributed by atoms with van der Waals surface area (Å²) >= 11 is 6.01. The van der Waals surface area contributed by atoms with E-state index in [1.807, 2.05) is 12.1 Å². The Hall–Kier alpha value is -1.26. The summed E-state index contributed by atoms with van der Waals surface area (Å²) in [4.78, 5) is 4.95. The predicted octanol–water partition coefficient (Wildman–Crippen LogP) is 4.13. The molecule has 24 heavy (non-hydrogen) atoms. The number of aliphatic hydroxyl groups excluding tert-OH is 1. The molecule has 2 aromatic rings. The third-order valence-electron chi connectivity index (χ3n) is 4.71. The van der Waals surface area contributed by atoms with Crippen LogP contribution >= 0.6 is 11.6 Å². The molecule has 1 aromatic heterocycles. The topological polar surface area (TPSA) is 38.0 Å². The molecule has 1 aromatic carbocycles. The fourth-order valence-corrected chi connectivity index (χ4v) is 3.77. The van der Waals surface area contributed by atoms with Crippen LogP contribution < -0.4 is 0 Å². The van der Waals surface area contributed by atoms with E-state index in [2.05, 4.69) is 30.5 Å². The van der Waals surface area contributed by atoms with Gasteiger partial charge in [-0.1, -0.05) is 37.6 Å². The zero-order valence-electron chi connectivity index (χ0n) is 14.5. The molecular formula is C19H25BClN2O. The van der Waals surface area contributed by atoms with E-state index in [1.54, 1.807) is 0 Å². The standard InChI is InChI=1S/C19H25ClN2O.B/c1-13(2)19-21-17-5-3-4-15(10-11-23)18(17)22(19)12-14-6-8-16(20)9-7-14;/h6-9,13,15,23H,3-5,10-12H2,1-2H3;. The molecular weight excluding hydrogens is 318 g/mol. The summed E-state index contributed by atoms with van der Waals surface area (Å²) in [6, 6.07) is 8.06. The van der Waals surface area contributed by atoms with Crippen molar-refractivity contribution in [1.82, 2.24) is 9.55 Å². The van der Waals surface area contributed by atoms with E-state index in [0.717, 1.165) is 36.7 Å². The Balaban J connectivity index is 0.00000208. The number of fused-ring (bicyclic) bond motifs is 1. The smallest absolute Gasteiger partial charge is 0.112 e. The molecule has 3 rings (SSSR count). The molecule has 1 aliphatic carbocycles. The number of aliphatic hydroxyl groups is 1. The lowest BCUT2D eigenvalue weighted by molar-refractivity contribution is 0.266. The highest BCUT2D eigenvalue weighted by atomic mass is 35.5. The molecule has 0 saturated carbocycles. The second kappa shape index (κ2) is 8.22. The Bertz CT molecular complexity index is 667. The maximum Gasteiger partial charge on any atom is 0.112 e. The van der Waals surface area contributed by atoms with Gasteiger partial charge in [0.05, 0.1) is 5.69 Å². The molecule has 0 aliphatic heterocycles. The minimum atomic E-state index is 0. The molecule has 127 valence electrons. The molecule has 5 heteroatoms. The average molecular weight is 344 g/mol. The normalized spacial score (nSPS) is 16.8. The maximum absolute atomic E-state index is 9.43. The second-order valence-electron chi connectivity index (χ2n) is 6.77. The van der Waals surface area contributed by atoms with Crippen LogP contribution in [0.1, 0.15) is 67.7 Å². The minimum absolute atomic E-state index is 0. The lowest BCUT2D eigenvalue weighted by Crippen LogP contribution is -2.17. The van der Waals surface area contributed by atoms with Crippen LogP contribution in [0.4, 0.5) is 0 Å². The number of halogens is 1. The Kier molecular flexibility index (Phi) is 6.53. The third-order valence-corrected chi connectivity index (χ3v) is 4.97. The summed E-state index contributed by atoms with van der Waals surface area (Å²) < 4.78 is 2.39. The Morgan fingerprint density at radius 3 is 2.62 bits per heavy atom. The number of hydrogen-bond acceptors (Lipinski definition) is 2. The SMILES string of the molecule is CC(C)c1nc2c(n1Cc1ccc(Cl)cc1)C(CCO)CCC2.[B]. The Morgan fingerprint density at radius 1 is 1.29 bits per heavy atom. The summed E-state index contributed by atoms with van der Waals surface area (Å²) in [5.74, 6) is 1.98. The molecule has 1 unspecified atom stereocenters. The molecule has 3 nitrogen and oxygen atoms in total. The number of aryl methyl sites for hydroxylation is 1. The molecule has 0 amide bonds. The fourth-order valence-electron chi connectivity index (χ4n) is 3.64. The third kappa shape index (κ3) is 3.86. The van der Waals surface area contributed by atoms with Crippen molar-refractivity contribution in [1.29, 1.82) is 0 Å². The van der Waals surface area contributed by atoms with Gasteiger partial charge in [0.2, 0.25) is 0 Å². The van der Waals surface area contributed by atoms with Crippen LogP contribution in [-0.4, -0.2) is 29.7 Å². The van der Waals surface area contributed by atoms with E-state index in [0.29, 0.717) is 11.8 Å². The van der Waals surface area contributed by atoms with Gasteiger partial charge < -0.3 is 9.67 Å². The van der Waals surface area contributed by atoms with Crippen molar-refractivity contribution in [2.45, 2.75) is 57.9 Å². The summed E-state index contributed by atoms with van der Waals surface area (Å²) in [7, 11) is 0. The van der Waals surface area contributed by atoms with Crippen LogP contribution in [0.3, 0.4) is 0 Å². The van der Waals surface area contributed by atoms with Crippen LogP contribution in [0.2, 0.25) is 5.02 Å². The molecule has 0 saturated heterocycles. The number of aromatic nitrogens is 2. The van der Waals surface area contributed by atoms with E-state index < -0.39 is 0 Å². The van der Waals surface area contributed by atoms with E-state index in [-0.39, 0.29) is 15.0 Å². The van der Waals surface area contributed by atoms with Gasteiger partial charge in [0.25, 0.3) is 0 Å². The van der Waals surface area contributed by atoms with Gasteiger partial charge in [-0.25, -0.2) is 4.98 Å². The van der Waals surface area contributed by atoms with Gasteiger partial charge in [-0.2, -0.15) is 0 Å². The fraction of sp³-hybridized carbons (Fsp3) is 0.526. The first-order valence-electron chi connectivity index (χ1n) is 8.54. The Morgan fingerprint density at radius 2 is 2.00 bits per heavy atom. The molecule has 1 atom stereocenters. The van der Waals surface area contributed by atoms with Crippen LogP contribution in [0.15, 0.2) is 24.3 Å². The van der Waals surface area contributed by atoms with Crippen molar-refractivity contribution in [3.63, 3.8) is 0 Å². The maximum atomic E-state index is 9.43. The number of rotatable bonds is 5. The molecule has 1 aliphatic rings. The average Bonchev–Trinajstić information content (AvgIpc) is 2.90. The highest BCUT2D eigenvalue weighted by Gasteiger charge is 2.28. The predicted molar refractivity (Wildman–Crippen MR) is 100 cm³/mol. The summed E-state index contributed by atoms with van der Waals surface area (Å²) in [6.45, 7) is 5.47. The molecule has 3 radical (unpaired) electrons. The second-order valence-corrected chi connectivity index (χ2v) is 7.21. The van der Waals surface area contributed by atoms with Gasteiger partial charge in [-0.15, -0.1) is 0 Å². The molecule has 1 N–H and O–H groups in total. The van der Waals surface area contributed by atoms with Gasteiger partial charge in [-0.05, 0) is 43.4 Å². The van der Waals surface area contributed by atoms with Crippen LogP contribution in [-0.2, 0) is 13.0 Å². The van der Waals surface area contributed by atoms with Crippen LogP contribution in [0, 0.1) is 0 Å². The van der Waals surface area contributed by atoms with Crippen LogP contribution in [0.5, 0.6) is 0 Å². The molecule has 1 heterocycles. The van der Waals surface area contributed by atoms with Crippen molar-refractivity contribution in [2.24, 2.45) is 0 Å². The van der Waals surface area contributed by atoms with Crippen molar-refractivity contribution in [2.75, 3.05) is 6.61 Å². The van der Waals surface area contributed by atoms with Crippen molar-refractivity contribution in [3.05, 3.63) is 52.1 Å². The summed E-state index contributed by atoms with van der Waals surface area (Å²) in [6.07, 6.45) is 4.21. The lowest BCUT2D eigenvalue weighted by atomic mass is 9.87. The monoisotopic (exact) mass is 343 g/mol. The van der Waals surface area contributed by atoms with Crippen molar-refractivity contribution >= 4 is 20.0 Å². The number of benzene rings is 1. The first-order valence-corrected chi connectivity index (χ1v) is 8.92. The highest BCUT2D eigenvalue weighted by molar-refractivity contribution is 6.30. The molecule has 0 bridgehead atoms. The minimum Gasteiger partial charge on any atom is -0.396 e. The van der Waals surface area contributed by atoms with Gasteiger partial charge in [-0.3, -0.25) is 0 Å². The lowest BCUT2D eigenvalue weighted by Gasteiger charge is -2.24. The van der Waals surface area contributed by atoms with Gasteiger partial charge in [0.1, 0.15) is 5.82 Å². The van der Waals surface area contributed by atoms with Gasteiger partial charge in [0, 0.05) is 44.1 Å². The first kappa shape index (κ1) is 19.1. The van der Waals surface area contributed by atoms with Gasteiger partial charge >= 0.3 is 0 Å². The highest BCUT2D eigenvalue weighted by Crippen LogP contribution is 2.36. The van der Waals surface area contributed by atoms with E-state index in [4.69, 9.17) is 16.6 Å². The Labute approximate surface area is 151 Å². The van der Waals surface area contributed by atoms with Crippen molar-refractivity contribution in [3.8, 4) is 0 Å². The first-order chi connectivity index (χ1) is 11.1. The number of imidazole rings is 1. The quantitative estimate of drug-likeness (QED) is 0.829. The zero-order chi connectivity index (χ0) is 16.4. The van der Waals surface area contributed by atoms with E-state index >= 15 is 0 Å². The summed E-state index contributed by atoms with van der Waals surface area (Å²) in [5.41, 5.74) is 3.83. The van der Waals surface area contributed by atoms with E-state index in [1.165, 1.54) is 23.4 Å². The zero-order valence-corrected chi connectivity index (χ0v) is 15.3. The number of hydrogen-bond donors (Lipinski definition) is 1. The summed E-state index contributed by atoms with van der Waals surface area (Å²) in [5, 5.41) is 10.2. The number of nitrogens with zero attached hydrogens (tertiary/aromatic N) is 2.